The second-order valence-corrected chi connectivity index (χ2v) is 3.54. The van der Waals surface area contributed by atoms with Crippen molar-refractivity contribution in [3.8, 4) is 0 Å². The first kappa shape index (κ1) is 15.0. The molecular formula is C11H10F3NO4. The number of amides is 1. The number of hydrogen-bond acceptors (Lipinski definition) is 3. The summed E-state index contributed by atoms with van der Waals surface area (Å²) < 4.78 is 39.4. The number of carboxylic acid groups (broad SMARTS) is 1. The molecule has 0 unspecified atom stereocenters. The van der Waals surface area contributed by atoms with Gasteiger partial charge >= 0.3 is 12.1 Å². The molecule has 0 aliphatic carbocycles. The third kappa shape index (κ3) is 5.87. The molecule has 1 rings (SSSR count). The van der Waals surface area contributed by atoms with Crippen LogP contribution < -0.4 is 5.32 Å². The van der Waals surface area contributed by atoms with Crippen LogP contribution in [0.1, 0.15) is 10.4 Å². The largest absolute Gasteiger partial charge is 0.478 e. The molecule has 0 radical (unpaired) electrons. The first-order valence-corrected chi connectivity index (χ1v) is 5.05. The molecule has 1 aromatic rings. The SMILES string of the molecule is O=C(COCC(F)(F)F)Nc1cccc(C(=O)O)c1. The van der Waals surface area contributed by atoms with E-state index >= 15 is 0 Å². The molecule has 0 aromatic heterocycles. The number of nitrogens with one attached hydrogen (secondary N) is 1. The van der Waals surface area contributed by atoms with Crippen LogP contribution in [0.15, 0.2) is 24.3 Å². The fraction of sp³-hybridized carbons (Fsp3) is 0.273. The minimum Gasteiger partial charge on any atom is -0.478 e. The van der Waals surface area contributed by atoms with Gasteiger partial charge in [0.1, 0.15) is 13.2 Å². The molecule has 1 amide bonds. The van der Waals surface area contributed by atoms with Crippen molar-refractivity contribution in [3.05, 3.63) is 29.8 Å². The first-order chi connectivity index (χ1) is 8.78. The highest BCUT2D eigenvalue weighted by atomic mass is 19.4. The highest BCUT2D eigenvalue weighted by Crippen LogP contribution is 2.14. The van der Waals surface area contributed by atoms with Crippen molar-refractivity contribution in [2.75, 3.05) is 18.5 Å². The Balaban J connectivity index is 2.48. The number of rotatable bonds is 5. The fourth-order valence-corrected chi connectivity index (χ4v) is 1.19. The van der Waals surface area contributed by atoms with E-state index in [9.17, 15) is 22.8 Å². The van der Waals surface area contributed by atoms with E-state index in [2.05, 4.69) is 10.1 Å². The third-order valence-electron chi connectivity index (χ3n) is 1.89. The van der Waals surface area contributed by atoms with Crippen LogP contribution in [0, 0.1) is 0 Å². The maximum atomic E-state index is 11.8. The van der Waals surface area contributed by atoms with Gasteiger partial charge in [-0.2, -0.15) is 13.2 Å². The summed E-state index contributed by atoms with van der Waals surface area (Å²) in [5.74, 6) is -1.98. The van der Waals surface area contributed by atoms with E-state index in [0.717, 1.165) is 0 Å². The lowest BCUT2D eigenvalue weighted by Gasteiger charge is -2.08. The number of alkyl halides is 3. The Labute approximate surface area is 106 Å². The van der Waals surface area contributed by atoms with Crippen LogP contribution in [0.5, 0.6) is 0 Å². The van der Waals surface area contributed by atoms with Gasteiger partial charge in [-0.15, -0.1) is 0 Å². The molecule has 0 fully saturated rings. The zero-order valence-electron chi connectivity index (χ0n) is 9.53. The zero-order chi connectivity index (χ0) is 14.5. The predicted molar refractivity (Wildman–Crippen MR) is 58.9 cm³/mol. The van der Waals surface area contributed by atoms with Crippen molar-refractivity contribution in [1.82, 2.24) is 0 Å². The maximum absolute atomic E-state index is 11.8. The van der Waals surface area contributed by atoms with Gasteiger partial charge < -0.3 is 15.2 Å². The number of anilines is 1. The second-order valence-electron chi connectivity index (χ2n) is 3.54. The van der Waals surface area contributed by atoms with Crippen molar-refractivity contribution in [1.29, 1.82) is 0 Å². The summed E-state index contributed by atoms with van der Waals surface area (Å²) in [5, 5.41) is 10.9. The lowest BCUT2D eigenvalue weighted by molar-refractivity contribution is -0.174. The number of aromatic carboxylic acids is 1. The second kappa shape index (κ2) is 6.19. The van der Waals surface area contributed by atoms with Gasteiger partial charge in [0.05, 0.1) is 5.56 Å². The van der Waals surface area contributed by atoms with Crippen LogP contribution in [0.25, 0.3) is 0 Å². The molecule has 5 nitrogen and oxygen atoms in total. The quantitative estimate of drug-likeness (QED) is 0.862. The molecule has 104 valence electrons. The van der Waals surface area contributed by atoms with Gasteiger partial charge in [0.25, 0.3) is 0 Å². The minimum absolute atomic E-state index is 0.0472. The van der Waals surface area contributed by atoms with Crippen LogP contribution in [-0.2, 0) is 9.53 Å². The van der Waals surface area contributed by atoms with Crippen molar-refractivity contribution >= 4 is 17.6 Å². The lowest BCUT2D eigenvalue weighted by Crippen LogP contribution is -2.24. The van der Waals surface area contributed by atoms with Gasteiger partial charge in [-0.1, -0.05) is 6.07 Å². The Bertz CT molecular complexity index is 473. The number of carbonyl (C=O) groups excluding carboxylic acids is 1. The minimum atomic E-state index is -4.50. The molecule has 0 aliphatic heterocycles. The molecule has 0 spiro atoms. The van der Waals surface area contributed by atoms with Crippen LogP contribution in [0.2, 0.25) is 0 Å². The van der Waals surface area contributed by atoms with E-state index in [1.807, 2.05) is 0 Å². The monoisotopic (exact) mass is 277 g/mol. The summed E-state index contributed by atoms with van der Waals surface area (Å²) in [7, 11) is 0. The van der Waals surface area contributed by atoms with E-state index in [1.54, 1.807) is 0 Å². The number of hydrogen-bond donors (Lipinski definition) is 2. The fourth-order valence-electron chi connectivity index (χ4n) is 1.19. The van der Waals surface area contributed by atoms with Crippen molar-refractivity contribution in [3.63, 3.8) is 0 Å². The van der Waals surface area contributed by atoms with E-state index < -0.39 is 31.3 Å². The van der Waals surface area contributed by atoms with Gasteiger partial charge in [-0.05, 0) is 18.2 Å². The van der Waals surface area contributed by atoms with Crippen LogP contribution in [0.4, 0.5) is 18.9 Å². The molecule has 0 saturated heterocycles. The Kier molecular flexibility index (Phi) is 4.87. The molecule has 0 bridgehead atoms. The summed E-state index contributed by atoms with van der Waals surface area (Å²) in [5.41, 5.74) is 0.120. The molecule has 0 aliphatic rings. The van der Waals surface area contributed by atoms with Gasteiger partial charge in [0.2, 0.25) is 5.91 Å². The van der Waals surface area contributed by atoms with E-state index in [1.165, 1.54) is 24.3 Å². The Morgan fingerprint density at radius 1 is 1.32 bits per heavy atom. The van der Waals surface area contributed by atoms with Crippen molar-refractivity contribution in [2.24, 2.45) is 0 Å². The van der Waals surface area contributed by atoms with E-state index in [-0.39, 0.29) is 11.3 Å². The van der Waals surface area contributed by atoms with Crippen molar-refractivity contribution in [2.45, 2.75) is 6.18 Å². The Hall–Kier alpha value is -2.09. The highest BCUT2D eigenvalue weighted by Gasteiger charge is 2.27. The first-order valence-electron chi connectivity index (χ1n) is 5.05. The Morgan fingerprint density at radius 2 is 2.00 bits per heavy atom. The predicted octanol–water partition coefficient (Wildman–Crippen LogP) is 1.90. The highest BCUT2D eigenvalue weighted by molar-refractivity contribution is 5.94. The molecule has 8 heteroatoms. The van der Waals surface area contributed by atoms with Gasteiger partial charge in [0.15, 0.2) is 0 Å². The zero-order valence-corrected chi connectivity index (χ0v) is 9.53. The molecular weight excluding hydrogens is 267 g/mol. The average Bonchev–Trinajstić information content (AvgIpc) is 2.27. The van der Waals surface area contributed by atoms with E-state index in [0.29, 0.717) is 0 Å². The number of carboxylic acids is 1. The standard InChI is InChI=1S/C11H10F3NO4/c12-11(13,14)6-19-5-9(16)15-8-3-1-2-7(4-8)10(17)18/h1-4H,5-6H2,(H,15,16)(H,17,18). The molecule has 0 heterocycles. The number of ether oxygens (including phenoxy) is 1. The summed E-state index contributed by atoms with van der Waals surface area (Å²) in [4.78, 5) is 21.9. The normalized spacial score (nSPS) is 11.1. The summed E-state index contributed by atoms with van der Waals surface area (Å²) in [6.45, 7) is -2.29. The maximum Gasteiger partial charge on any atom is 0.411 e. The molecule has 1 aromatic carbocycles. The molecule has 0 atom stereocenters. The third-order valence-corrected chi connectivity index (χ3v) is 1.89. The lowest BCUT2D eigenvalue weighted by atomic mass is 10.2. The smallest absolute Gasteiger partial charge is 0.411 e. The number of benzene rings is 1. The summed E-state index contributed by atoms with van der Waals surface area (Å²) in [6, 6.07) is 5.31. The van der Waals surface area contributed by atoms with Gasteiger partial charge in [-0.25, -0.2) is 4.79 Å². The summed E-state index contributed by atoms with van der Waals surface area (Å²) in [6.07, 6.45) is -4.50. The van der Waals surface area contributed by atoms with E-state index in [4.69, 9.17) is 5.11 Å². The Morgan fingerprint density at radius 3 is 2.58 bits per heavy atom. The number of halogens is 3. The van der Waals surface area contributed by atoms with Crippen LogP contribution in [-0.4, -0.2) is 36.4 Å². The number of carbonyl (C=O) groups is 2. The van der Waals surface area contributed by atoms with Crippen LogP contribution >= 0.6 is 0 Å². The topological polar surface area (TPSA) is 75.6 Å². The molecule has 2 N–H and O–H groups in total. The van der Waals surface area contributed by atoms with Crippen LogP contribution in [0.3, 0.4) is 0 Å². The van der Waals surface area contributed by atoms with Crippen molar-refractivity contribution < 1.29 is 32.6 Å². The van der Waals surface area contributed by atoms with Gasteiger partial charge in [-0.3, -0.25) is 4.79 Å². The van der Waals surface area contributed by atoms with Gasteiger partial charge in [0, 0.05) is 5.69 Å². The molecule has 0 saturated carbocycles. The average molecular weight is 277 g/mol. The summed E-state index contributed by atoms with van der Waals surface area (Å²) >= 11 is 0. The molecule has 19 heavy (non-hydrogen) atoms.